The normalized spacial score (nSPS) is 53.0. The van der Waals surface area contributed by atoms with Crippen molar-refractivity contribution in [2.45, 2.75) is 109 Å². The van der Waals surface area contributed by atoms with Crippen LogP contribution in [0.1, 0.15) is 86.0 Å². The lowest BCUT2D eigenvalue weighted by molar-refractivity contribution is -0.157. The van der Waals surface area contributed by atoms with Crippen LogP contribution in [0.5, 0.6) is 0 Å². The van der Waals surface area contributed by atoms with Gasteiger partial charge in [-0.2, -0.15) is 0 Å². The van der Waals surface area contributed by atoms with Crippen molar-refractivity contribution >= 4 is 0 Å². The molecule has 0 radical (unpaired) electrons. The molecular weight excluding hydrogens is 372 g/mol. The van der Waals surface area contributed by atoms with Gasteiger partial charge in [0.05, 0.1) is 11.7 Å². The molecule has 0 aromatic carbocycles. The Morgan fingerprint density at radius 1 is 1.13 bits per heavy atom. The number of fused-ring (bicyclic) bond motifs is 4. The maximum absolute atomic E-state index is 12.3. The molecule has 168 valence electrons. The molecule has 1 saturated heterocycles. The predicted molar refractivity (Wildman–Crippen MR) is 120 cm³/mol. The topological polar surface area (TPSA) is 53.0 Å². The minimum atomic E-state index is -0.768. The van der Waals surface area contributed by atoms with E-state index in [4.69, 9.17) is 4.74 Å². The fourth-order valence-electron chi connectivity index (χ4n) is 8.46. The van der Waals surface area contributed by atoms with Gasteiger partial charge in [-0.25, -0.2) is 0 Å². The van der Waals surface area contributed by atoms with Gasteiger partial charge in [0.25, 0.3) is 0 Å². The predicted octanol–water partition coefficient (Wildman–Crippen LogP) is 5.41. The summed E-state index contributed by atoms with van der Waals surface area (Å²) in [4.78, 5) is 0. The summed E-state index contributed by atoms with van der Waals surface area (Å²) in [7, 11) is 0. The van der Waals surface area contributed by atoms with E-state index in [-0.39, 0.29) is 28.6 Å². The number of epoxide rings is 1. The maximum Gasteiger partial charge on any atom is 0.110 e. The van der Waals surface area contributed by atoms with Gasteiger partial charge < -0.3 is 14.9 Å². The average molecular weight is 415 g/mol. The molecule has 4 aliphatic carbocycles. The molecule has 1 heterocycles. The first kappa shape index (κ1) is 21.2. The summed E-state index contributed by atoms with van der Waals surface area (Å²) in [5.74, 6) is 2.45. The lowest BCUT2D eigenvalue weighted by atomic mass is 9.45. The highest BCUT2D eigenvalue weighted by Gasteiger charge is 2.78. The van der Waals surface area contributed by atoms with E-state index < -0.39 is 5.60 Å². The summed E-state index contributed by atoms with van der Waals surface area (Å²) in [6.45, 7) is 11.7. The minimum Gasteiger partial charge on any atom is -0.393 e. The van der Waals surface area contributed by atoms with Crippen molar-refractivity contribution in [2.75, 3.05) is 0 Å². The summed E-state index contributed by atoms with van der Waals surface area (Å²) in [6, 6.07) is 0. The van der Waals surface area contributed by atoms with E-state index in [1.807, 2.05) is 0 Å². The second-order valence-electron chi connectivity index (χ2n) is 12.3. The Bertz CT molecular complexity index is 770. The number of aliphatic hydroxyl groups excluding tert-OH is 1. The molecule has 0 unspecified atom stereocenters. The van der Waals surface area contributed by atoms with Gasteiger partial charge in [-0.3, -0.25) is 0 Å². The van der Waals surface area contributed by atoms with E-state index in [9.17, 15) is 10.2 Å². The van der Waals surface area contributed by atoms with Gasteiger partial charge in [-0.05, 0) is 79.6 Å². The van der Waals surface area contributed by atoms with Gasteiger partial charge >= 0.3 is 0 Å². The molecule has 5 rings (SSSR count). The van der Waals surface area contributed by atoms with Crippen LogP contribution in [-0.2, 0) is 4.74 Å². The molecule has 30 heavy (non-hydrogen) atoms. The highest BCUT2D eigenvalue weighted by molar-refractivity contribution is 5.44. The zero-order valence-corrected chi connectivity index (χ0v) is 19.7. The van der Waals surface area contributed by atoms with Crippen LogP contribution < -0.4 is 0 Å². The zero-order chi connectivity index (χ0) is 21.5. The third-order valence-corrected chi connectivity index (χ3v) is 10.4. The Labute approximate surface area is 183 Å². The van der Waals surface area contributed by atoms with E-state index >= 15 is 0 Å². The van der Waals surface area contributed by atoms with E-state index in [0.29, 0.717) is 30.1 Å². The largest absolute Gasteiger partial charge is 0.393 e. The molecule has 1 aliphatic heterocycles. The van der Waals surface area contributed by atoms with E-state index in [1.165, 1.54) is 18.4 Å². The standard InChI is InChI=1S/C27H42O3/c1-17(2)7-6-8-18(3)20-9-10-21-22-15-23-27(30-23)16-19(28)11-12-25(27,5)26(22,29)14-13-24(20,21)4/h6,8,15,17-21,23,28-29H,7,9-14,16H2,1-5H3/b8-6+/t18-,19+,20-,21+,23+,24-,25-,26-,27+/m1/s1. The molecule has 1 spiro atoms. The van der Waals surface area contributed by atoms with Crippen LogP contribution in [0, 0.1) is 34.5 Å². The van der Waals surface area contributed by atoms with Crippen LogP contribution in [0.25, 0.3) is 0 Å². The van der Waals surface area contributed by atoms with Crippen LogP contribution >= 0.6 is 0 Å². The van der Waals surface area contributed by atoms with Gasteiger partial charge in [0.2, 0.25) is 0 Å². The first-order valence-corrected chi connectivity index (χ1v) is 12.5. The second-order valence-corrected chi connectivity index (χ2v) is 12.3. The Kier molecular flexibility index (Phi) is 4.73. The molecule has 9 atom stereocenters. The fraction of sp³-hybridized carbons (Fsp3) is 0.852. The highest BCUT2D eigenvalue weighted by Crippen LogP contribution is 2.73. The van der Waals surface area contributed by atoms with Crippen molar-refractivity contribution < 1.29 is 14.9 Å². The minimum absolute atomic E-state index is 0.0949. The summed E-state index contributed by atoms with van der Waals surface area (Å²) in [5, 5.41) is 22.6. The quantitative estimate of drug-likeness (QED) is 0.478. The smallest absolute Gasteiger partial charge is 0.110 e. The molecule has 0 bridgehead atoms. The van der Waals surface area contributed by atoms with Crippen molar-refractivity contribution in [2.24, 2.45) is 34.5 Å². The number of allylic oxidation sites excluding steroid dienone is 2. The highest BCUT2D eigenvalue weighted by atomic mass is 16.6. The Morgan fingerprint density at radius 2 is 1.90 bits per heavy atom. The van der Waals surface area contributed by atoms with Gasteiger partial charge in [-0.1, -0.05) is 52.8 Å². The molecule has 0 amide bonds. The zero-order valence-electron chi connectivity index (χ0n) is 19.7. The third kappa shape index (κ3) is 2.61. The third-order valence-electron chi connectivity index (χ3n) is 10.4. The van der Waals surface area contributed by atoms with E-state index in [0.717, 1.165) is 32.1 Å². The van der Waals surface area contributed by atoms with Crippen LogP contribution in [0.4, 0.5) is 0 Å². The first-order chi connectivity index (χ1) is 14.1. The molecular formula is C27H42O3. The van der Waals surface area contributed by atoms with E-state index in [1.54, 1.807) is 0 Å². The fourth-order valence-corrected chi connectivity index (χ4v) is 8.46. The lowest BCUT2D eigenvalue weighted by Gasteiger charge is -2.60. The van der Waals surface area contributed by atoms with Crippen LogP contribution in [0.2, 0.25) is 0 Å². The van der Waals surface area contributed by atoms with Crippen molar-refractivity contribution in [3.63, 3.8) is 0 Å². The van der Waals surface area contributed by atoms with E-state index in [2.05, 4.69) is 52.8 Å². The molecule has 0 aromatic heterocycles. The van der Waals surface area contributed by atoms with Crippen molar-refractivity contribution in [3.8, 4) is 0 Å². The summed E-state index contributed by atoms with van der Waals surface area (Å²) >= 11 is 0. The van der Waals surface area contributed by atoms with Gasteiger partial charge in [0, 0.05) is 11.8 Å². The second kappa shape index (κ2) is 6.68. The van der Waals surface area contributed by atoms with Crippen LogP contribution in [0.3, 0.4) is 0 Å². The van der Waals surface area contributed by atoms with Gasteiger partial charge in [-0.15, -0.1) is 0 Å². The Hall–Kier alpha value is -0.640. The van der Waals surface area contributed by atoms with Crippen molar-refractivity contribution in [1.29, 1.82) is 0 Å². The number of hydrogen-bond donors (Lipinski definition) is 2. The molecule has 3 nitrogen and oxygen atoms in total. The number of rotatable bonds is 4. The Balaban J connectivity index is 1.45. The number of ether oxygens (including phenoxy) is 1. The average Bonchev–Trinajstić information content (AvgIpc) is 3.25. The Morgan fingerprint density at radius 3 is 2.63 bits per heavy atom. The van der Waals surface area contributed by atoms with Crippen LogP contribution in [-0.4, -0.2) is 33.6 Å². The summed E-state index contributed by atoms with van der Waals surface area (Å²) in [6.07, 6.45) is 14.9. The monoisotopic (exact) mass is 414 g/mol. The molecule has 4 fully saturated rings. The molecule has 3 saturated carbocycles. The van der Waals surface area contributed by atoms with Gasteiger partial charge in [0.15, 0.2) is 0 Å². The molecule has 5 aliphatic rings. The lowest BCUT2D eigenvalue weighted by Crippen LogP contribution is -2.65. The summed E-state index contributed by atoms with van der Waals surface area (Å²) in [5.41, 5.74) is 0.196. The van der Waals surface area contributed by atoms with Crippen molar-refractivity contribution in [3.05, 3.63) is 23.8 Å². The maximum atomic E-state index is 12.3. The molecule has 3 heteroatoms. The SMILES string of the molecule is CC(C)C/C=C/[C@@H](C)[C@H]1CC[C@H]2C3=C[C@@H]4O[C@@]45C[C@@H](O)CC[C@]5(C)[C@@]3(O)CC[C@]12C. The molecule has 2 N–H and O–H groups in total. The number of aliphatic hydroxyl groups is 2. The van der Waals surface area contributed by atoms with Crippen LogP contribution in [0.15, 0.2) is 23.8 Å². The first-order valence-electron chi connectivity index (χ1n) is 12.5. The summed E-state index contributed by atoms with van der Waals surface area (Å²) < 4.78 is 6.32. The molecule has 0 aromatic rings. The van der Waals surface area contributed by atoms with Crippen molar-refractivity contribution in [1.82, 2.24) is 0 Å². The van der Waals surface area contributed by atoms with Gasteiger partial charge in [0.1, 0.15) is 11.7 Å². The number of hydrogen-bond acceptors (Lipinski definition) is 3.